The molecule has 1 saturated heterocycles. The number of anilines is 3. The van der Waals surface area contributed by atoms with E-state index in [0.29, 0.717) is 6.42 Å². The molecule has 7 heteroatoms. The highest BCUT2D eigenvalue weighted by Gasteiger charge is 2.60. The highest BCUT2D eigenvalue weighted by molar-refractivity contribution is 9.10. The predicted molar refractivity (Wildman–Crippen MR) is 147 cm³/mol. The molecule has 178 valence electrons. The van der Waals surface area contributed by atoms with Gasteiger partial charge in [-0.2, -0.15) is 10.1 Å². The number of rotatable bonds is 2. The van der Waals surface area contributed by atoms with Crippen LogP contribution in [-0.2, 0) is 11.2 Å². The van der Waals surface area contributed by atoms with E-state index in [1.807, 2.05) is 56.3 Å². The van der Waals surface area contributed by atoms with Crippen LogP contribution in [0.25, 0.3) is 0 Å². The van der Waals surface area contributed by atoms with Crippen LogP contribution >= 0.6 is 27.5 Å². The van der Waals surface area contributed by atoms with Gasteiger partial charge in [0, 0.05) is 40.5 Å². The average molecular weight is 550 g/mol. The smallest absolute Gasteiger partial charge is 0.261 e. The molecular weight excluding hydrogens is 524 g/mol. The SMILES string of the molecule is CC1=NN(c2ccc(C)cc2)C(=O)C12Cc1cc(Br)ccc1N1CCN(c3cccc(Cl)c3)CC12. The van der Waals surface area contributed by atoms with Crippen LogP contribution in [-0.4, -0.2) is 37.3 Å². The van der Waals surface area contributed by atoms with Gasteiger partial charge in [0.15, 0.2) is 0 Å². The van der Waals surface area contributed by atoms with Crippen molar-refractivity contribution < 1.29 is 4.79 Å². The van der Waals surface area contributed by atoms with Gasteiger partial charge < -0.3 is 9.80 Å². The van der Waals surface area contributed by atoms with Gasteiger partial charge in [-0.3, -0.25) is 4.79 Å². The van der Waals surface area contributed by atoms with Gasteiger partial charge in [-0.25, -0.2) is 0 Å². The number of benzene rings is 3. The Morgan fingerprint density at radius 2 is 1.80 bits per heavy atom. The molecule has 0 aromatic heterocycles. The van der Waals surface area contributed by atoms with Crippen molar-refractivity contribution in [2.75, 3.05) is 34.4 Å². The van der Waals surface area contributed by atoms with Crippen molar-refractivity contribution in [3.63, 3.8) is 0 Å². The molecule has 0 radical (unpaired) electrons. The van der Waals surface area contributed by atoms with Crippen molar-refractivity contribution in [3.8, 4) is 0 Å². The Labute approximate surface area is 219 Å². The van der Waals surface area contributed by atoms with Gasteiger partial charge in [0.25, 0.3) is 5.91 Å². The summed E-state index contributed by atoms with van der Waals surface area (Å²) in [5.41, 5.74) is 5.58. The molecule has 3 aromatic rings. The zero-order valence-electron chi connectivity index (χ0n) is 19.7. The molecule has 0 N–H and O–H groups in total. The molecule has 2 atom stereocenters. The minimum absolute atomic E-state index is 0.0457. The van der Waals surface area contributed by atoms with Gasteiger partial charge in [-0.1, -0.05) is 51.3 Å². The number of halogens is 2. The van der Waals surface area contributed by atoms with Crippen LogP contribution in [0.15, 0.2) is 76.3 Å². The molecule has 5 nitrogen and oxygen atoms in total. The maximum Gasteiger partial charge on any atom is 0.261 e. The lowest BCUT2D eigenvalue weighted by molar-refractivity contribution is -0.125. The Balaban J connectivity index is 1.46. The maximum atomic E-state index is 14.4. The van der Waals surface area contributed by atoms with E-state index < -0.39 is 5.41 Å². The highest BCUT2D eigenvalue weighted by Crippen LogP contribution is 2.49. The van der Waals surface area contributed by atoms with Crippen LogP contribution < -0.4 is 14.8 Å². The van der Waals surface area contributed by atoms with Crippen LogP contribution in [0.1, 0.15) is 18.1 Å². The van der Waals surface area contributed by atoms with Gasteiger partial charge >= 0.3 is 0 Å². The van der Waals surface area contributed by atoms with Crippen molar-refractivity contribution in [3.05, 3.63) is 87.4 Å². The Kier molecular flexibility index (Phi) is 5.42. The van der Waals surface area contributed by atoms with Gasteiger partial charge in [-0.15, -0.1) is 0 Å². The van der Waals surface area contributed by atoms with Crippen LogP contribution in [0, 0.1) is 12.3 Å². The van der Waals surface area contributed by atoms with Gasteiger partial charge in [0.2, 0.25) is 0 Å². The first kappa shape index (κ1) is 22.6. The molecule has 1 amide bonds. The monoisotopic (exact) mass is 548 g/mol. The largest absolute Gasteiger partial charge is 0.368 e. The van der Waals surface area contributed by atoms with E-state index in [1.54, 1.807) is 5.01 Å². The molecule has 0 aliphatic carbocycles. The van der Waals surface area contributed by atoms with Gasteiger partial charge in [0.05, 0.1) is 17.4 Å². The molecule has 3 aromatic carbocycles. The second-order valence-electron chi connectivity index (χ2n) is 9.69. The fourth-order valence-corrected chi connectivity index (χ4v) is 6.46. The molecule has 3 heterocycles. The Morgan fingerprint density at radius 3 is 2.57 bits per heavy atom. The van der Waals surface area contributed by atoms with Crippen LogP contribution in [0.3, 0.4) is 0 Å². The first-order valence-corrected chi connectivity index (χ1v) is 13.1. The Bertz CT molecular complexity index is 1360. The zero-order chi connectivity index (χ0) is 24.3. The Morgan fingerprint density at radius 1 is 1.00 bits per heavy atom. The first-order chi connectivity index (χ1) is 16.9. The summed E-state index contributed by atoms with van der Waals surface area (Å²) in [5, 5.41) is 7.21. The molecule has 0 saturated carbocycles. The first-order valence-electron chi connectivity index (χ1n) is 11.9. The third-order valence-electron chi connectivity index (χ3n) is 7.69. The fourth-order valence-electron chi connectivity index (χ4n) is 5.87. The number of piperazine rings is 1. The molecule has 2 unspecified atom stereocenters. The topological polar surface area (TPSA) is 39.2 Å². The van der Waals surface area contributed by atoms with Crippen molar-refractivity contribution in [1.29, 1.82) is 0 Å². The highest BCUT2D eigenvalue weighted by atomic mass is 79.9. The van der Waals surface area contributed by atoms with E-state index in [1.165, 1.54) is 11.3 Å². The van der Waals surface area contributed by atoms with Crippen LogP contribution in [0.4, 0.5) is 17.1 Å². The summed E-state index contributed by atoms with van der Waals surface area (Å²) in [6.07, 6.45) is 0.628. The number of hydrazone groups is 1. The summed E-state index contributed by atoms with van der Waals surface area (Å²) in [5.74, 6) is 0.0485. The lowest BCUT2D eigenvalue weighted by Gasteiger charge is -2.53. The number of carbonyl (C=O) groups is 1. The number of fused-ring (bicyclic) bond motifs is 4. The van der Waals surface area contributed by atoms with Crippen molar-refractivity contribution in [2.24, 2.45) is 10.5 Å². The zero-order valence-corrected chi connectivity index (χ0v) is 22.1. The third kappa shape index (κ3) is 3.57. The quantitative estimate of drug-likeness (QED) is 0.389. The predicted octanol–water partition coefficient (Wildman–Crippen LogP) is 6.07. The molecule has 3 aliphatic heterocycles. The molecule has 1 fully saturated rings. The van der Waals surface area contributed by atoms with Crippen LogP contribution in [0.2, 0.25) is 5.02 Å². The number of hydrogen-bond donors (Lipinski definition) is 0. The summed E-state index contributed by atoms with van der Waals surface area (Å²) >= 11 is 9.97. The summed E-state index contributed by atoms with van der Waals surface area (Å²) in [4.78, 5) is 19.1. The van der Waals surface area contributed by atoms with Crippen LogP contribution in [0.5, 0.6) is 0 Å². The second-order valence-corrected chi connectivity index (χ2v) is 11.0. The Hall–Kier alpha value is -2.83. The van der Waals surface area contributed by atoms with Crippen molar-refractivity contribution in [2.45, 2.75) is 26.3 Å². The van der Waals surface area contributed by atoms with Crippen molar-refractivity contribution in [1.82, 2.24) is 0 Å². The molecule has 0 bridgehead atoms. The lowest BCUT2D eigenvalue weighted by atomic mass is 9.67. The van der Waals surface area contributed by atoms with E-state index in [0.717, 1.165) is 51.8 Å². The molecule has 1 spiro atoms. The fraction of sp³-hybridized carbons (Fsp3) is 0.286. The van der Waals surface area contributed by atoms with E-state index in [4.69, 9.17) is 16.7 Å². The van der Waals surface area contributed by atoms with E-state index in [2.05, 4.69) is 50.0 Å². The van der Waals surface area contributed by atoms with Gasteiger partial charge in [-0.05, 0) is 74.4 Å². The van der Waals surface area contributed by atoms with Crippen molar-refractivity contribution >= 4 is 56.2 Å². The summed E-state index contributed by atoms with van der Waals surface area (Å²) in [7, 11) is 0. The molecule has 6 rings (SSSR count). The third-order valence-corrected chi connectivity index (χ3v) is 8.42. The minimum Gasteiger partial charge on any atom is -0.368 e. The van der Waals surface area contributed by atoms with E-state index in [-0.39, 0.29) is 11.9 Å². The summed E-state index contributed by atoms with van der Waals surface area (Å²) in [6.45, 7) is 6.46. The number of nitrogens with zero attached hydrogens (tertiary/aromatic N) is 4. The summed E-state index contributed by atoms with van der Waals surface area (Å²) in [6, 6.07) is 22.4. The van der Waals surface area contributed by atoms with E-state index >= 15 is 0 Å². The van der Waals surface area contributed by atoms with E-state index in [9.17, 15) is 4.79 Å². The lowest BCUT2D eigenvalue weighted by Crippen LogP contribution is -2.67. The normalized spacial score (nSPS) is 23.4. The number of hydrogen-bond acceptors (Lipinski definition) is 4. The van der Waals surface area contributed by atoms with Gasteiger partial charge in [0.1, 0.15) is 5.41 Å². The standard InChI is InChI=1S/C28H26BrClN4O/c1-18-6-9-23(10-7-18)34-27(35)28(19(2)31-34)16-20-14-21(29)8-11-25(20)33-13-12-32(17-26(28)33)24-5-3-4-22(30)15-24/h3-11,14-15,26H,12-13,16-17H2,1-2H3. The molecule has 3 aliphatic rings. The molecular formula is C28H26BrClN4O. The minimum atomic E-state index is -0.740. The second kappa shape index (κ2) is 8.38. The number of amides is 1. The number of aryl methyl sites for hydroxylation is 1. The number of carbonyl (C=O) groups excluding carboxylic acids is 1. The average Bonchev–Trinajstić information content (AvgIpc) is 3.09. The summed E-state index contributed by atoms with van der Waals surface area (Å²) < 4.78 is 1.03. The maximum absolute atomic E-state index is 14.4. The molecule has 35 heavy (non-hydrogen) atoms.